The fourth-order valence-corrected chi connectivity index (χ4v) is 2.17. The highest BCUT2D eigenvalue weighted by Gasteiger charge is 2.08. The molecule has 0 aliphatic heterocycles. The third-order valence-electron chi connectivity index (χ3n) is 2.17. The van der Waals surface area contributed by atoms with Crippen LogP contribution in [0.5, 0.6) is 0 Å². The number of hydrogen-bond acceptors (Lipinski definition) is 6. The molecule has 3 aromatic rings. The maximum absolute atomic E-state index is 5.82. The summed E-state index contributed by atoms with van der Waals surface area (Å²) >= 11 is 7.40. The van der Waals surface area contributed by atoms with Gasteiger partial charge in [-0.15, -0.1) is 11.3 Å². The lowest BCUT2D eigenvalue weighted by molar-refractivity contribution is 1.07. The van der Waals surface area contributed by atoms with Crippen LogP contribution in [0.25, 0.3) is 11.0 Å². The molecule has 0 unspecified atom stereocenters. The number of rotatable bonds is 3. The maximum atomic E-state index is 5.82. The number of halogens is 1. The number of nitrogens with zero attached hydrogens (tertiary/aromatic N) is 4. The lowest BCUT2D eigenvalue weighted by atomic mass is 10.4. The Labute approximate surface area is 105 Å². The van der Waals surface area contributed by atoms with Crippen molar-refractivity contribution in [1.82, 2.24) is 25.1 Å². The molecule has 6 nitrogen and oxygen atoms in total. The summed E-state index contributed by atoms with van der Waals surface area (Å²) in [5.74, 6) is 0.656. The minimum atomic E-state index is 0.184. The number of anilines is 1. The van der Waals surface area contributed by atoms with Crippen molar-refractivity contribution in [1.29, 1.82) is 0 Å². The van der Waals surface area contributed by atoms with Gasteiger partial charge in [0.25, 0.3) is 0 Å². The summed E-state index contributed by atoms with van der Waals surface area (Å²) in [6.45, 7) is 0.602. The molecule has 17 heavy (non-hydrogen) atoms. The second kappa shape index (κ2) is 4.27. The van der Waals surface area contributed by atoms with E-state index >= 15 is 0 Å². The van der Waals surface area contributed by atoms with Crippen molar-refractivity contribution >= 4 is 39.8 Å². The van der Waals surface area contributed by atoms with Crippen molar-refractivity contribution in [2.24, 2.45) is 0 Å². The molecule has 3 rings (SSSR count). The molecular weight excluding hydrogens is 260 g/mol. The predicted octanol–water partition coefficient (Wildman–Crippen LogP) is 2.07. The highest BCUT2D eigenvalue weighted by atomic mass is 35.5. The Morgan fingerprint density at radius 1 is 1.41 bits per heavy atom. The molecule has 0 aliphatic carbocycles. The first-order valence-electron chi connectivity index (χ1n) is 4.82. The normalized spacial score (nSPS) is 10.9. The first-order valence-corrected chi connectivity index (χ1v) is 6.07. The summed E-state index contributed by atoms with van der Waals surface area (Å²) in [7, 11) is 0. The first kappa shape index (κ1) is 10.4. The lowest BCUT2D eigenvalue weighted by Gasteiger charge is -2.04. The number of thiazole rings is 1. The molecule has 0 aromatic carbocycles. The molecule has 0 amide bonds. The fourth-order valence-electron chi connectivity index (χ4n) is 1.44. The molecule has 0 atom stereocenters. The largest absolute Gasteiger partial charge is 0.363 e. The van der Waals surface area contributed by atoms with Gasteiger partial charge in [-0.05, 0) is 11.6 Å². The van der Waals surface area contributed by atoms with E-state index in [1.807, 2.05) is 5.38 Å². The number of aromatic nitrogens is 5. The molecule has 0 bridgehead atoms. The lowest BCUT2D eigenvalue weighted by Crippen LogP contribution is -2.02. The van der Waals surface area contributed by atoms with Gasteiger partial charge < -0.3 is 5.32 Å². The van der Waals surface area contributed by atoms with Crippen LogP contribution in [0.15, 0.2) is 17.8 Å². The molecule has 3 aromatic heterocycles. The zero-order chi connectivity index (χ0) is 11.7. The van der Waals surface area contributed by atoms with Gasteiger partial charge in [-0.1, -0.05) is 0 Å². The SMILES string of the molecule is Clc1nc(NCc2nccs2)c2cn[nH]c2n1. The summed E-state index contributed by atoms with van der Waals surface area (Å²) in [5, 5.41) is 13.7. The zero-order valence-electron chi connectivity index (χ0n) is 8.51. The average molecular weight is 267 g/mol. The van der Waals surface area contributed by atoms with Crippen LogP contribution in [0.4, 0.5) is 5.82 Å². The Morgan fingerprint density at radius 3 is 3.18 bits per heavy atom. The van der Waals surface area contributed by atoms with Crippen LogP contribution < -0.4 is 5.32 Å². The van der Waals surface area contributed by atoms with E-state index in [2.05, 4.69) is 30.5 Å². The van der Waals surface area contributed by atoms with Crippen LogP contribution in [0.1, 0.15) is 5.01 Å². The predicted molar refractivity (Wildman–Crippen MR) is 66.1 cm³/mol. The van der Waals surface area contributed by atoms with Crippen molar-refractivity contribution < 1.29 is 0 Å². The third-order valence-corrected chi connectivity index (χ3v) is 3.12. The molecule has 0 radical (unpaired) electrons. The second-order valence-electron chi connectivity index (χ2n) is 3.25. The highest BCUT2D eigenvalue weighted by molar-refractivity contribution is 7.09. The molecule has 2 N–H and O–H groups in total. The van der Waals surface area contributed by atoms with Gasteiger partial charge in [0, 0.05) is 11.6 Å². The molecule has 0 saturated heterocycles. The van der Waals surface area contributed by atoms with E-state index in [-0.39, 0.29) is 5.28 Å². The molecule has 86 valence electrons. The number of hydrogen-bond donors (Lipinski definition) is 2. The van der Waals surface area contributed by atoms with Gasteiger partial charge in [-0.25, -0.2) is 4.98 Å². The van der Waals surface area contributed by atoms with Crippen LogP contribution in [-0.2, 0) is 6.54 Å². The minimum absolute atomic E-state index is 0.184. The van der Waals surface area contributed by atoms with E-state index < -0.39 is 0 Å². The van der Waals surface area contributed by atoms with Crippen molar-refractivity contribution in [3.8, 4) is 0 Å². The summed E-state index contributed by atoms with van der Waals surface area (Å²) in [4.78, 5) is 12.3. The van der Waals surface area contributed by atoms with Crippen LogP contribution in [0.3, 0.4) is 0 Å². The average Bonchev–Trinajstić information content (AvgIpc) is 2.95. The molecule has 3 heterocycles. The molecule has 0 spiro atoms. The smallest absolute Gasteiger partial charge is 0.226 e. The monoisotopic (exact) mass is 266 g/mol. The van der Waals surface area contributed by atoms with E-state index in [1.165, 1.54) is 0 Å². The van der Waals surface area contributed by atoms with Crippen LogP contribution in [0.2, 0.25) is 5.28 Å². The Kier molecular flexibility index (Phi) is 2.62. The van der Waals surface area contributed by atoms with Crippen molar-refractivity contribution in [2.45, 2.75) is 6.54 Å². The topological polar surface area (TPSA) is 79.4 Å². The van der Waals surface area contributed by atoms with Gasteiger partial charge in [0.1, 0.15) is 10.8 Å². The van der Waals surface area contributed by atoms with Gasteiger partial charge in [-0.2, -0.15) is 15.1 Å². The van der Waals surface area contributed by atoms with E-state index in [1.54, 1.807) is 23.7 Å². The van der Waals surface area contributed by atoms with Gasteiger partial charge in [-0.3, -0.25) is 5.10 Å². The molecular formula is C9H7ClN6S. The maximum Gasteiger partial charge on any atom is 0.226 e. The van der Waals surface area contributed by atoms with E-state index in [4.69, 9.17) is 11.6 Å². The van der Waals surface area contributed by atoms with E-state index in [9.17, 15) is 0 Å². The van der Waals surface area contributed by atoms with Crippen LogP contribution in [0, 0.1) is 0 Å². The summed E-state index contributed by atoms with van der Waals surface area (Å²) in [5.41, 5.74) is 0.617. The number of H-pyrrole nitrogens is 1. The van der Waals surface area contributed by atoms with Crippen LogP contribution >= 0.6 is 22.9 Å². The van der Waals surface area contributed by atoms with Crippen molar-refractivity contribution in [2.75, 3.05) is 5.32 Å². The number of nitrogens with one attached hydrogen (secondary N) is 2. The van der Waals surface area contributed by atoms with E-state index in [0.29, 0.717) is 18.0 Å². The molecule has 0 saturated carbocycles. The first-order chi connectivity index (χ1) is 8.33. The molecule has 0 aliphatic rings. The molecule has 0 fully saturated rings. The minimum Gasteiger partial charge on any atom is -0.363 e. The second-order valence-corrected chi connectivity index (χ2v) is 4.57. The Bertz CT molecular complexity index is 634. The standard InChI is InChI=1S/C9H7ClN6S/c10-9-14-7(5-3-13-16-8(5)15-9)12-4-6-11-1-2-17-6/h1-3H,4H2,(H2,12,13,14,15,16). The Balaban J connectivity index is 1.91. The zero-order valence-corrected chi connectivity index (χ0v) is 10.1. The summed E-state index contributed by atoms with van der Waals surface area (Å²) in [6, 6.07) is 0. The Morgan fingerprint density at radius 2 is 2.35 bits per heavy atom. The van der Waals surface area contributed by atoms with Gasteiger partial charge in [0.2, 0.25) is 5.28 Å². The van der Waals surface area contributed by atoms with Gasteiger partial charge >= 0.3 is 0 Å². The highest BCUT2D eigenvalue weighted by Crippen LogP contribution is 2.20. The van der Waals surface area contributed by atoms with Crippen LogP contribution in [-0.4, -0.2) is 25.1 Å². The summed E-state index contributed by atoms with van der Waals surface area (Å²) < 4.78 is 0. The summed E-state index contributed by atoms with van der Waals surface area (Å²) in [6.07, 6.45) is 3.43. The van der Waals surface area contributed by atoms with E-state index in [0.717, 1.165) is 10.4 Å². The molecule has 8 heteroatoms. The number of aromatic amines is 1. The quantitative estimate of drug-likeness (QED) is 0.710. The van der Waals surface area contributed by atoms with Crippen molar-refractivity contribution in [3.05, 3.63) is 28.1 Å². The van der Waals surface area contributed by atoms with Crippen molar-refractivity contribution in [3.63, 3.8) is 0 Å². The Hall–Kier alpha value is -1.73. The van der Waals surface area contributed by atoms with Gasteiger partial charge in [0.15, 0.2) is 5.65 Å². The fraction of sp³-hybridized carbons (Fsp3) is 0.111. The van der Waals surface area contributed by atoms with Gasteiger partial charge in [0.05, 0.1) is 18.1 Å². The number of fused-ring (bicyclic) bond motifs is 1. The third kappa shape index (κ3) is 2.06.